The quantitative estimate of drug-likeness (QED) is 0.905. The van der Waals surface area contributed by atoms with Gasteiger partial charge in [-0.1, -0.05) is 29.8 Å². The van der Waals surface area contributed by atoms with E-state index in [1.165, 1.54) is 12.4 Å². The lowest BCUT2D eigenvalue weighted by atomic mass is 10.2. The van der Waals surface area contributed by atoms with Crippen LogP contribution in [-0.2, 0) is 4.79 Å². The van der Waals surface area contributed by atoms with E-state index in [2.05, 4.69) is 15.6 Å². The summed E-state index contributed by atoms with van der Waals surface area (Å²) in [5.74, 6) is -0.679. The Bertz CT molecular complexity index is 617. The topological polar surface area (TPSA) is 71.1 Å². The van der Waals surface area contributed by atoms with Crippen LogP contribution in [0.25, 0.3) is 0 Å². The third-order valence-corrected chi connectivity index (χ3v) is 2.82. The van der Waals surface area contributed by atoms with E-state index < -0.39 is 0 Å². The molecule has 0 bridgehead atoms. The van der Waals surface area contributed by atoms with Gasteiger partial charge in [-0.05, 0) is 18.2 Å². The molecule has 0 aliphatic rings. The number of anilines is 1. The van der Waals surface area contributed by atoms with Gasteiger partial charge in [0.15, 0.2) is 0 Å². The molecule has 6 heteroatoms. The Morgan fingerprint density at radius 1 is 1.15 bits per heavy atom. The lowest BCUT2D eigenvalue weighted by Crippen LogP contribution is -2.32. The molecule has 1 aromatic carbocycles. The molecule has 20 heavy (non-hydrogen) atoms. The first-order chi connectivity index (χ1) is 9.66. The molecule has 0 fully saturated rings. The number of nitrogens with zero attached hydrogens (tertiary/aromatic N) is 1. The summed E-state index contributed by atoms with van der Waals surface area (Å²) >= 11 is 5.88. The summed E-state index contributed by atoms with van der Waals surface area (Å²) in [7, 11) is 0. The van der Waals surface area contributed by atoms with Crippen LogP contribution in [0.1, 0.15) is 10.4 Å². The number of hydrogen-bond donors (Lipinski definition) is 2. The second kappa shape index (κ2) is 6.68. The van der Waals surface area contributed by atoms with Crippen LogP contribution in [0.4, 0.5) is 5.69 Å². The molecule has 2 aromatic rings. The fourth-order valence-electron chi connectivity index (χ4n) is 1.52. The Kier molecular flexibility index (Phi) is 4.68. The molecule has 0 aliphatic carbocycles. The molecule has 102 valence electrons. The minimum absolute atomic E-state index is 0.140. The van der Waals surface area contributed by atoms with Crippen molar-refractivity contribution < 1.29 is 9.59 Å². The summed E-state index contributed by atoms with van der Waals surface area (Å²) in [5, 5.41) is 5.48. The fraction of sp³-hybridized carbons (Fsp3) is 0.0714. The molecule has 0 atom stereocenters. The van der Waals surface area contributed by atoms with Gasteiger partial charge in [-0.2, -0.15) is 0 Å². The van der Waals surface area contributed by atoms with E-state index in [1.54, 1.807) is 30.3 Å². The van der Waals surface area contributed by atoms with Crippen molar-refractivity contribution in [1.29, 1.82) is 0 Å². The van der Waals surface area contributed by atoms with Gasteiger partial charge in [0.05, 0.1) is 23.5 Å². The number of carbonyl (C=O) groups excluding carboxylic acids is 2. The molecule has 1 heterocycles. The van der Waals surface area contributed by atoms with E-state index in [9.17, 15) is 9.59 Å². The van der Waals surface area contributed by atoms with E-state index in [0.29, 0.717) is 16.3 Å². The van der Waals surface area contributed by atoms with Crippen LogP contribution in [0, 0.1) is 0 Å². The Hall–Kier alpha value is -2.40. The maximum atomic E-state index is 11.7. The zero-order chi connectivity index (χ0) is 14.4. The number of amides is 2. The summed E-state index contributed by atoms with van der Waals surface area (Å²) in [6.45, 7) is -0.140. The highest BCUT2D eigenvalue weighted by Crippen LogP contribution is 2.18. The average Bonchev–Trinajstić information content (AvgIpc) is 2.48. The van der Waals surface area contributed by atoms with Crippen molar-refractivity contribution >= 4 is 29.1 Å². The number of pyridine rings is 1. The van der Waals surface area contributed by atoms with Crippen LogP contribution >= 0.6 is 11.6 Å². The summed E-state index contributed by atoms with van der Waals surface area (Å²) in [5.41, 5.74) is 0.910. The van der Waals surface area contributed by atoms with Crippen LogP contribution in [-0.4, -0.2) is 23.3 Å². The molecular formula is C14H12ClN3O2. The number of nitrogens with one attached hydrogen (secondary N) is 2. The molecule has 0 saturated carbocycles. The summed E-state index contributed by atoms with van der Waals surface area (Å²) < 4.78 is 0. The number of hydrogen-bond acceptors (Lipinski definition) is 3. The predicted octanol–water partition coefficient (Wildman–Crippen LogP) is 2.10. The molecule has 0 unspecified atom stereocenters. The Morgan fingerprint density at radius 3 is 2.60 bits per heavy atom. The highest BCUT2D eigenvalue weighted by molar-refractivity contribution is 6.33. The molecule has 0 saturated heterocycles. The van der Waals surface area contributed by atoms with Crippen LogP contribution in [0.3, 0.4) is 0 Å². The molecule has 2 amide bonds. The van der Waals surface area contributed by atoms with Gasteiger partial charge in [-0.25, -0.2) is 0 Å². The molecule has 0 spiro atoms. The second-order valence-corrected chi connectivity index (χ2v) is 4.36. The molecule has 2 rings (SSSR count). The zero-order valence-electron chi connectivity index (χ0n) is 10.5. The summed E-state index contributed by atoms with van der Waals surface area (Å²) in [4.78, 5) is 27.3. The van der Waals surface area contributed by atoms with Crippen molar-refractivity contribution in [2.45, 2.75) is 0 Å². The van der Waals surface area contributed by atoms with Crippen molar-refractivity contribution in [3.05, 3.63) is 59.4 Å². The third kappa shape index (κ3) is 3.80. The van der Waals surface area contributed by atoms with Crippen LogP contribution in [0.15, 0.2) is 48.8 Å². The Labute approximate surface area is 121 Å². The van der Waals surface area contributed by atoms with E-state index in [-0.39, 0.29) is 18.4 Å². The fourth-order valence-corrected chi connectivity index (χ4v) is 1.67. The van der Waals surface area contributed by atoms with Gasteiger partial charge in [-0.3, -0.25) is 14.6 Å². The minimum atomic E-state index is -0.371. The van der Waals surface area contributed by atoms with Gasteiger partial charge in [0.25, 0.3) is 5.91 Å². The molecule has 0 aliphatic heterocycles. The number of aromatic nitrogens is 1. The highest BCUT2D eigenvalue weighted by atomic mass is 35.5. The average molecular weight is 290 g/mol. The van der Waals surface area contributed by atoms with E-state index in [0.717, 1.165) is 0 Å². The second-order valence-electron chi connectivity index (χ2n) is 3.95. The van der Waals surface area contributed by atoms with Crippen molar-refractivity contribution in [3.63, 3.8) is 0 Å². The standard InChI is InChI=1S/C14H12ClN3O2/c15-11-6-7-16-8-12(11)18-13(19)9-17-14(20)10-4-2-1-3-5-10/h1-8H,9H2,(H,17,20)(H,18,19). The first kappa shape index (κ1) is 14.0. The lowest BCUT2D eigenvalue weighted by Gasteiger charge is -2.07. The lowest BCUT2D eigenvalue weighted by molar-refractivity contribution is -0.115. The third-order valence-electron chi connectivity index (χ3n) is 2.49. The normalized spacial score (nSPS) is 9.85. The summed E-state index contributed by atoms with van der Waals surface area (Å²) in [6.07, 6.45) is 2.97. The van der Waals surface area contributed by atoms with Gasteiger partial charge in [0.2, 0.25) is 5.91 Å². The van der Waals surface area contributed by atoms with Crippen LogP contribution < -0.4 is 10.6 Å². The van der Waals surface area contributed by atoms with Crippen molar-refractivity contribution in [1.82, 2.24) is 10.3 Å². The van der Waals surface area contributed by atoms with E-state index >= 15 is 0 Å². The number of benzene rings is 1. The van der Waals surface area contributed by atoms with Crippen molar-refractivity contribution in [2.75, 3.05) is 11.9 Å². The first-order valence-corrected chi connectivity index (χ1v) is 6.27. The van der Waals surface area contributed by atoms with Gasteiger partial charge in [0, 0.05) is 11.8 Å². The first-order valence-electron chi connectivity index (χ1n) is 5.89. The SMILES string of the molecule is O=C(CNC(=O)c1ccccc1)Nc1cnccc1Cl. The molecule has 1 aromatic heterocycles. The van der Waals surface area contributed by atoms with Gasteiger partial charge < -0.3 is 10.6 Å². The largest absolute Gasteiger partial charge is 0.343 e. The van der Waals surface area contributed by atoms with Crippen LogP contribution in [0.5, 0.6) is 0 Å². The van der Waals surface area contributed by atoms with Gasteiger partial charge in [-0.15, -0.1) is 0 Å². The molecule has 0 radical (unpaired) electrons. The van der Waals surface area contributed by atoms with E-state index in [4.69, 9.17) is 11.6 Å². The maximum absolute atomic E-state index is 11.7. The molecular weight excluding hydrogens is 278 g/mol. The number of halogens is 1. The molecule has 5 nitrogen and oxygen atoms in total. The Balaban J connectivity index is 1.87. The van der Waals surface area contributed by atoms with Crippen molar-refractivity contribution in [3.8, 4) is 0 Å². The zero-order valence-corrected chi connectivity index (χ0v) is 11.2. The maximum Gasteiger partial charge on any atom is 0.251 e. The number of rotatable bonds is 4. The number of carbonyl (C=O) groups is 2. The van der Waals surface area contributed by atoms with E-state index in [1.807, 2.05) is 6.07 Å². The Morgan fingerprint density at radius 2 is 1.90 bits per heavy atom. The monoisotopic (exact) mass is 289 g/mol. The smallest absolute Gasteiger partial charge is 0.251 e. The van der Waals surface area contributed by atoms with Crippen LogP contribution in [0.2, 0.25) is 5.02 Å². The van der Waals surface area contributed by atoms with Gasteiger partial charge >= 0.3 is 0 Å². The summed E-state index contributed by atoms with van der Waals surface area (Å²) in [6, 6.07) is 10.2. The minimum Gasteiger partial charge on any atom is -0.343 e. The predicted molar refractivity (Wildman–Crippen MR) is 76.7 cm³/mol. The van der Waals surface area contributed by atoms with Crippen molar-refractivity contribution in [2.24, 2.45) is 0 Å². The highest BCUT2D eigenvalue weighted by Gasteiger charge is 2.09. The van der Waals surface area contributed by atoms with Gasteiger partial charge in [0.1, 0.15) is 0 Å². The molecule has 2 N–H and O–H groups in total.